The van der Waals surface area contributed by atoms with Crippen LogP contribution in [-0.2, 0) is 20.9 Å². The molecule has 8 nitrogen and oxygen atoms in total. The smallest absolute Gasteiger partial charge is 0.408 e. The van der Waals surface area contributed by atoms with Crippen LogP contribution in [0.1, 0.15) is 38.4 Å². The zero-order valence-electron chi connectivity index (χ0n) is 16.6. The molecule has 0 spiro atoms. The Bertz CT molecular complexity index is 881. The van der Waals surface area contributed by atoms with Crippen molar-refractivity contribution < 1.29 is 19.1 Å². The van der Waals surface area contributed by atoms with Crippen LogP contribution >= 0.6 is 0 Å². The number of nitrogens with one attached hydrogen (secondary N) is 1. The van der Waals surface area contributed by atoms with Crippen molar-refractivity contribution in [2.75, 3.05) is 5.73 Å². The molecule has 1 atom stereocenters. The lowest BCUT2D eigenvalue weighted by Crippen LogP contribution is -2.44. The van der Waals surface area contributed by atoms with Crippen LogP contribution in [0.15, 0.2) is 42.7 Å². The van der Waals surface area contributed by atoms with E-state index in [1.54, 1.807) is 20.8 Å². The highest BCUT2D eigenvalue weighted by Crippen LogP contribution is 2.08. The zero-order chi connectivity index (χ0) is 21.3. The van der Waals surface area contributed by atoms with E-state index >= 15 is 0 Å². The summed E-state index contributed by atoms with van der Waals surface area (Å²) in [7, 11) is 0. The number of alkyl carbamates (subject to hydrolysis) is 1. The molecule has 0 aliphatic rings. The standard InChI is InChI=1S/C21H24N4O4/c1-21(2,3)29-20(27)25-17(11-7-10-16-12-24-18(22)13-23-16)19(26)28-14-15-8-5-4-6-9-15/h4-6,8-9,12-13,17H,11,14H2,1-3H3,(H2,22,24)(H,25,27). The molecular formula is C21H24N4O4. The van der Waals surface area contributed by atoms with Gasteiger partial charge in [-0.05, 0) is 32.3 Å². The minimum Gasteiger partial charge on any atom is -0.459 e. The summed E-state index contributed by atoms with van der Waals surface area (Å²) in [5.41, 5.74) is 6.01. The topological polar surface area (TPSA) is 116 Å². The first kappa shape index (κ1) is 21.7. The third-order valence-electron chi connectivity index (χ3n) is 3.39. The fourth-order valence-corrected chi connectivity index (χ4v) is 2.12. The third-order valence-corrected chi connectivity index (χ3v) is 3.39. The number of nitrogens with zero attached hydrogens (tertiary/aromatic N) is 2. The van der Waals surface area contributed by atoms with Crippen molar-refractivity contribution in [3.8, 4) is 11.8 Å². The number of amides is 1. The third kappa shape index (κ3) is 8.30. The molecular weight excluding hydrogens is 372 g/mol. The number of carbonyl (C=O) groups excluding carboxylic acids is 2. The minimum atomic E-state index is -0.997. The van der Waals surface area contributed by atoms with Gasteiger partial charge in [-0.1, -0.05) is 36.3 Å². The molecule has 0 aliphatic heterocycles. The van der Waals surface area contributed by atoms with Crippen molar-refractivity contribution in [2.24, 2.45) is 0 Å². The Morgan fingerprint density at radius 3 is 2.52 bits per heavy atom. The van der Waals surface area contributed by atoms with Gasteiger partial charge in [-0.2, -0.15) is 0 Å². The van der Waals surface area contributed by atoms with E-state index in [1.807, 2.05) is 30.3 Å². The monoisotopic (exact) mass is 396 g/mol. The normalized spacial score (nSPS) is 11.6. The van der Waals surface area contributed by atoms with Gasteiger partial charge >= 0.3 is 12.1 Å². The summed E-state index contributed by atoms with van der Waals surface area (Å²) in [4.78, 5) is 32.5. The number of carbonyl (C=O) groups is 2. The Morgan fingerprint density at radius 1 is 1.17 bits per heavy atom. The summed E-state index contributed by atoms with van der Waals surface area (Å²) >= 11 is 0. The molecule has 1 heterocycles. The van der Waals surface area contributed by atoms with Gasteiger partial charge in [-0.3, -0.25) is 0 Å². The number of benzene rings is 1. The van der Waals surface area contributed by atoms with Gasteiger partial charge in [-0.25, -0.2) is 19.6 Å². The van der Waals surface area contributed by atoms with Crippen LogP contribution < -0.4 is 11.1 Å². The number of esters is 1. The summed E-state index contributed by atoms with van der Waals surface area (Å²) in [6.07, 6.45) is 2.09. The van der Waals surface area contributed by atoms with E-state index in [0.717, 1.165) is 5.56 Å². The lowest BCUT2D eigenvalue weighted by atomic mass is 10.2. The molecule has 0 saturated heterocycles. The number of nitrogen functional groups attached to an aromatic ring is 1. The van der Waals surface area contributed by atoms with Crippen LogP contribution in [0.3, 0.4) is 0 Å². The van der Waals surface area contributed by atoms with E-state index in [-0.39, 0.29) is 18.8 Å². The molecule has 1 unspecified atom stereocenters. The predicted molar refractivity (Wildman–Crippen MR) is 107 cm³/mol. The van der Waals surface area contributed by atoms with Crippen LogP contribution in [0, 0.1) is 11.8 Å². The highest BCUT2D eigenvalue weighted by Gasteiger charge is 2.25. The first-order valence-electron chi connectivity index (χ1n) is 8.99. The van der Waals surface area contributed by atoms with Gasteiger partial charge in [0.15, 0.2) is 0 Å². The maximum absolute atomic E-state index is 12.5. The lowest BCUT2D eigenvalue weighted by molar-refractivity contribution is -0.147. The zero-order valence-corrected chi connectivity index (χ0v) is 16.6. The average molecular weight is 396 g/mol. The Morgan fingerprint density at radius 2 is 1.90 bits per heavy atom. The van der Waals surface area contributed by atoms with Crippen LogP contribution in [-0.4, -0.2) is 33.7 Å². The van der Waals surface area contributed by atoms with Crippen molar-refractivity contribution in [1.29, 1.82) is 0 Å². The number of nitrogens with two attached hydrogens (primary N) is 1. The molecule has 0 saturated carbocycles. The van der Waals surface area contributed by atoms with E-state index in [1.165, 1.54) is 12.4 Å². The largest absolute Gasteiger partial charge is 0.459 e. The van der Waals surface area contributed by atoms with Crippen molar-refractivity contribution in [3.63, 3.8) is 0 Å². The molecule has 1 aromatic heterocycles. The number of ether oxygens (including phenoxy) is 2. The van der Waals surface area contributed by atoms with Gasteiger partial charge in [0.1, 0.15) is 29.8 Å². The van der Waals surface area contributed by atoms with Gasteiger partial charge in [-0.15, -0.1) is 0 Å². The van der Waals surface area contributed by atoms with Crippen LogP contribution in [0.2, 0.25) is 0 Å². The van der Waals surface area contributed by atoms with Crippen molar-refractivity contribution >= 4 is 17.9 Å². The van der Waals surface area contributed by atoms with E-state index in [4.69, 9.17) is 15.2 Å². The first-order valence-corrected chi connectivity index (χ1v) is 8.99. The lowest BCUT2D eigenvalue weighted by Gasteiger charge is -2.22. The summed E-state index contributed by atoms with van der Waals surface area (Å²) in [6.45, 7) is 5.28. The Labute approximate surface area is 169 Å². The first-order chi connectivity index (χ1) is 13.7. The molecule has 0 radical (unpaired) electrons. The van der Waals surface area contributed by atoms with Gasteiger partial charge < -0.3 is 20.5 Å². The number of rotatable bonds is 5. The molecule has 0 fully saturated rings. The molecule has 1 aromatic carbocycles. The van der Waals surface area contributed by atoms with E-state index in [2.05, 4.69) is 27.1 Å². The Kier molecular flexibility index (Phi) is 7.54. The molecule has 8 heteroatoms. The minimum absolute atomic E-state index is 0.0128. The van der Waals surface area contributed by atoms with Gasteiger partial charge in [0.2, 0.25) is 0 Å². The van der Waals surface area contributed by atoms with Crippen LogP contribution in [0.25, 0.3) is 0 Å². The number of anilines is 1. The summed E-state index contributed by atoms with van der Waals surface area (Å²) in [5.74, 6) is 5.25. The molecule has 29 heavy (non-hydrogen) atoms. The second kappa shape index (κ2) is 10.1. The maximum Gasteiger partial charge on any atom is 0.408 e. The average Bonchev–Trinajstić information content (AvgIpc) is 2.66. The molecule has 0 bridgehead atoms. The fourth-order valence-electron chi connectivity index (χ4n) is 2.12. The van der Waals surface area contributed by atoms with Crippen molar-refractivity contribution in [1.82, 2.24) is 15.3 Å². The maximum atomic E-state index is 12.5. The Balaban J connectivity index is 2.04. The summed E-state index contributed by atoms with van der Waals surface area (Å²) < 4.78 is 10.5. The van der Waals surface area contributed by atoms with Gasteiger partial charge in [0, 0.05) is 6.42 Å². The highest BCUT2D eigenvalue weighted by atomic mass is 16.6. The van der Waals surface area contributed by atoms with E-state index in [9.17, 15) is 9.59 Å². The molecule has 1 amide bonds. The molecule has 2 aromatic rings. The van der Waals surface area contributed by atoms with Gasteiger partial charge in [0.05, 0.1) is 12.4 Å². The SMILES string of the molecule is CC(C)(C)OC(=O)NC(CC#Cc1cnc(N)cn1)C(=O)OCc1ccccc1. The Hall–Kier alpha value is -3.60. The predicted octanol–water partition coefficient (Wildman–Crippen LogP) is 2.44. The van der Waals surface area contributed by atoms with Crippen molar-refractivity contribution in [3.05, 3.63) is 54.0 Å². The number of aromatic nitrogens is 2. The van der Waals surface area contributed by atoms with E-state index in [0.29, 0.717) is 5.69 Å². The molecule has 3 N–H and O–H groups in total. The molecule has 152 valence electrons. The fraction of sp³-hybridized carbons (Fsp3) is 0.333. The van der Waals surface area contributed by atoms with Crippen LogP contribution in [0.4, 0.5) is 10.6 Å². The second-order valence-corrected chi connectivity index (χ2v) is 7.12. The number of hydrogen-bond acceptors (Lipinski definition) is 7. The summed E-state index contributed by atoms with van der Waals surface area (Å²) in [6, 6.07) is 8.24. The summed E-state index contributed by atoms with van der Waals surface area (Å²) in [5, 5.41) is 2.51. The number of hydrogen-bond donors (Lipinski definition) is 2. The second-order valence-electron chi connectivity index (χ2n) is 7.12. The van der Waals surface area contributed by atoms with Crippen molar-refractivity contribution in [2.45, 2.75) is 45.4 Å². The van der Waals surface area contributed by atoms with Crippen LogP contribution in [0.5, 0.6) is 0 Å². The highest BCUT2D eigenvalue weighted by molar-refractivity contribution is 5.81. The van der Waals surface area contributed by atoms with Gasteiger partial charge in [0.25, 0.3) is 0 Å². The molecule has 2 rings (SSSR count). The molecule has 0 aliphatic carbocycles. The van der Waals surface area contributed by atoms with E-state index < -0.39 is 23.7 Å². The quantitative estimate of drug-likeness (QED) is 0.589.